The van der Waals surface area contributed by atoms with Gasteiger partial charge in [-0.3, -0.25) is 9.98 Å². The van der Waals surface area contributed by atoms with Crippen LogP contribution in [0, 0.1) is 5.41 Å². The minimum absolute atomic E-state index is 0.00119. The van der Waals surface area contributed by atoms with E-state index in [1.165, 1.54) is 38.8 Å². The summed E-state index contributed by atoms with van der Waals surface area (Å²) in [4.78, 5) is 10.4. The Balaban J connectivity index is 1.22. The normalized spacial score (nSPS) is 19.1. The molecule has 0 amide bonds. The highest BCUT2D eigenvalue weighted by Gasteiger charge is 2.35. The zero-order valence-corrected chi connectivity index (χ0v) is 23.7. The molecule has 4 aromatic carbocycles. The van der Waals surface area contributed by atoms with Gasteiger partial charge in [-0.1, -0.05) is 112 Å². The van der Waals surface area contributed by atoms with Crippen LogP contribution in [-0.4, -0.2) is 11.9 Å². The van der Waals surface area contributed by atoms with E-state index in [0.29, 0.717) is 0 Å². The first-order chi connectivity index (χ1) is 20.0. The maximum Gasteiger partial charge on any atom is 0.142 e. The molecule has 0 N–H and O–H groups in total. The third kappa shape index (κ3) is 3.79. The highest BCUT2D eigenvalue weighted by atomic mass is 16.3. The van der Waals surface area contributed by atoms with Gasteiger partial charge in [-0.25, -0.2) is 0 Å². The fraction of sp³-hybridized carbons (Fsp3) is 0.211. The monoisotopic (exact) mass is 532 g/mol. The summed E-state index contributed by atoms with van der Waals surface area (Å²) in [7, 11) is 0. The Labute approximate surface area is 241 Å². The number of benzene rings is 4. The van der Waals surface area contributed by atoms with Crippen molar-refractivity contribution in [2.45, 2.75) is 45.7 Å². The summed E-state index contributed by atoms with van der Waals surface area (Å²) in [5, 5.41) is 1.23. The van der Waals surface area contributed by atoms with Gasteiger partial charge < -0.3 is 4.42 Å². The topological polar surface area (TPSA) is 37.9 Å². The van der Waals surface area contributed by atoms with Gasteiger partial charge in [0.05, 0.1) is 5.71 Å². The molecule has 0 spiro atoms. The third-order valence-electron chi connectivity index (χ3n) is 8.87. The number of aliphatic imine (C=N–C) groups is 2. The maximum absolute atomic E-state index is 6.72. The second-order valence-corrected chi connectivity index (χ2v) is 12.4. The van der Waals surface area contributed by atoms with E-state index in [-0.39, 0.29) is 17.5 Å². The second kappa shape index (κ2) is 9.01. The third-order valence-corrected chi connectivity index (χ3v) is 8.87. The van der Waals surface area contributed by atoms with Gasteiger partial charge in [0.2, 0.25) is 0 Å². The van der Waals surface area contributed by atoms with Crippen LogP contribution in [0.25, 0.3) is 38.8 Å². The van der Waals surface area contributed by atoms with E-state index in [9.17, 15) is 0 Å². The lowest BCUT2D eigenvalue weighted by molar-refractivity contribution is 0.515. The van der Waals surface area contributed by atoms with Gasteiger partial charge in [0.1, 0.15) is 23.4 Å². The molecule has 0 radical (unpaired) electrons. The van der Waals surface area contributed by atoms with E-state index >= 15 is 0 Å². The van der Waals surface area contributed by atoms with E-state index in [2.05, 4.69) is 118 Å². The number of aryl methyl sites for hydroxylation is 1. The molecule has 2 heterocycles. The molecule has 0 saturated heterocycles. The van der Waals surface area contributed by atoms with Crippen LogP contribution < -0.4 is 0 Å². The minimum Gasteiger partial charge on any atom is -0.455 e. The Morgan fingerprint density at radius 1 is 0.732 bits per heavy atom. The van der Waals surface area contributed by atoms with E-state index < -0.39 is 0 Å². The lowest BCUT2D eigenvalue weighted by Crippen LogP contribution is -2.22. The first-order valence-corrected chi connectivity index (χ1v) is 14.6. The molecule has 0 saturated carbocycles. The predicted octanol–water partition coefficient (Wildman–Crippen LogP) is 9.81. The molecule has 3 nitrogen and oxygen atoms in total. The second-order valence-electron chi connectivity index (χ2n) is 12.4. The average molecular weight is 533 g/mol. The van der Waals surface area contributed by atoms with Gasteiger partial charge in [0.25, 0.3) is 0 Å². The van der Waals surface area contributed by atoms with E-state index in [1.54, 1.807) is 0 Å². The predicted molar refractivity (Wildman–Crippen MR) is 170 cm³/mol. The molecular weight excluding hydrogens is 500 g/mol. The highest BCUT2D eigenvalue weighted by Crippen LogP contribution is 2.49. The van der Waals surface area contributed by atoms with Crippen molar-refractivity contribution in [2.24, 2.45) is 15.4 Å². The molecule has 3 aliphatic rings. The molecule has 0 fully saturated rings. The Bertz CT molecular complexity index is 1950. The maximum atomic E-state index is 6.72. The molecule has 2 unspecified atom stereocenters. The highest BCUT2D eigenvalue weighted by molar-refractivity contribution is 6.38. The van der Waals surface area contributed by atoms with Crippen molar-refractivity contribution in [1.29, 1.82) is 0 Å². The van der Waals surface area contributed by atoms with Crippen LogP contribution in [0.1, 0.15) is 67.3 Å². The molecule has 200 valence electrons. The average Bonchev–Trinajstić information content (AvgIpc) is 3.39. The van der Waals surface area contributed by atoms with Crippen LogP contribution in [0.3, 0.4) is 0 Å². The molecule has 2 atom stereocenters. The van der Waals surface area contributed by atoms with Crippen molar-refractivity contribution in [2.75, 3.05) is 0 Å². The van der Waals surface area contributed by atoms with Crippen molar-refractivity contribution >= 4 is 28.5 Å². The first kappa shape index (κ1) is 24.3. The Kier molecular flexibility index (Phi) is 5.34. The number of para-hydroxylation sites is 1. The molecule has 1 aromatic heterocycles. The minimum atomic E-state index is -0.0346. The molecule has 8 rings (SSSR count). The van der Waals surface area contributed by atoms with Crippen molar-refractivity contribution in [3.8, 4) is 22.3 Å². The summed E-state index contributed by atoms with van der Waals surface area (Å²) in [5.41, 5.74) is 12.9. The molecular formula is C38H32N2O. The fourth-order valence-corrected chi connectivity index (χ4v) is 6.94. The number of hydrogen-bond acceptors (Lipinski definition) is 3. The molecule has 41 heavy (non-hydrogen) atoms. The van der Waals surface area contributed by atoms with Crippen LogP contribution in [0.4, 0.5) is 0 Å². The van der Waals surface area contributed by atoms with Gasteiger partial charge in [0, 0.05) is 28.3 Å². The number of allylic oxidation sites excluding steroid dienone is 2. The number of rotatable bonds is 2. The Morgan fingerprint density at radius 3 is 2.20 bits per heavy atom. The lowest BCUT2D eigenvalue weighted by Gasteiger charge is -2.33. The Morgan fingerprint density at radius 2 is 1.41 bits per heavy atom. The summed E-state index contributed by atoms with van der Waals surface area (Å²) in [6.07, 6.45) is 6.41. The first-order valence-electron chi connectivity index (χ1n) is 14.6. The smallest absolute Gasteiger partial charge is 0.142 e. The van der Waals surface area contributed by atoms with E-state index in [4.69, 9.17) is 14.4 Å². The van der Waals surface area contributed by atoms with Crippen LogP contribution in [0.2, 0.25) is 0 Å². The van der Waals surface area contributed by atoms with Crippen LogP contribution in [0.5, 0.6) is 0 Å². The fourth-order valence-electron chi connectivity index (χ4n) is 6.94. The number of furan rings is 1. The van der Waals surface area contributed by atoms with Crippen LogP contribution in [-0.2, 0) is 6.42 Å². The quantitative estimate of drug-likeness (QED) is 0.223. The number of fused-ring (bicyclic) bond motifs is 9. The summed E-state index contributed by atoms with van der Waals surface area (Å²) >= 11 is 0. The summed E-state index contributed by atoms with van der Waals surface area (Å²) < 4.78 is 6.72. The SMILES string of the molecule is CC(C)(C)C1=CCCc2c1oc1c(-c3cccc(C4=NC5c6ccccc6-c6ccccc6C5N=C4)c3)cccc21. The molecule has 3 heteroatoms. The van der Waals surface area contributed by atoms with Crippen molar-refractivity contribution in [3.63, 3.8) is 0 Å². The summed E-state index contributed by atoms with van der Waals surface area (Å²) in [6, 6.07) is 32.5. The Hall–Kier alpha value is -4.50. The van der Waals surface area contributed by atoms with Gasteiger partial charge >= 0.3 is 0 Å². The van der Waals surface area contributed by atoms with Crippen molar-refractivity contribution in [3.05, 3.63) is 125 Å². The molecule has 5 aromatic rings. The lowest BCUT2D eigenvalue weighted by atomic mass is 9.79. The van der Waals surface area contributed by atoms with Crippen molar-refractivity contribution in [1.82, 2.24) is 0 Å². The zero-order chi connectivity index (χ0) is 27.7. The summed E-state index contributed by atoms with van der Waals surface area (Å²) in [6.45, 7) is 6.81. The standard InChI is InChI=1S/C38H32N2O/c1-38(2,3)32-20-10-19-31-30-18-9-17-25(36(30)41-37(31)32)23-11-8-12-24(21-23)33-22-39-34-28-15-6-4-13-26(28)27-14-5-7-16-29(27)35(34)40-33/h4-9,11-18,20-22,34-35H,10,19H2,1-3H3. The number of nitrogens with zero attached hydrogens (tertiary/aromatic N) is 2. The van der Waals surface area contributed by atoms with Crippen LogP contribution in [0.15, 0.2) is 111 Å². The molecule has 1 aliphatic heterocycles. The molecule has 2 aliphatic carbocycles. The largest absolute Gasteiger partial charge is 0.455 e. The van der Waals surface area contributed by atoms with E-state index in [0.717, 1.165) is 46.6 Å². The number of hydrogen-bond donors (Lipinski definition) is 0. The zero-order valence-electron chi connectivity index (χ0n) is 23.7. The van der Waals surface area contributed by atoms with E-state index in [1.807, 2.05) is 6.21 Å². The molecule has 0 bridgehead atoms. The van der Waals surface area contributed by atoms with Gasteiger partial charge in [-0.15, -0.1) is 0 Å². The van der Waals surface area contributed by atoms with Gasteiger partial charge in [-0.2, -0.15) is 0 Å². The van der Waals surface area contributed by atoms with Crippen LogP contribution >= 0.6 is 0 Å². The van der Waals surface area contributed by atoms with Gasteiger partial charge in [-0.05, 0) is 57.7 Å². The van der Waals surface area contributed by atoms with Crippen molar-refractivity contribution < 1.29 is 4.42 Å². The summed E-state index contributed by atoms with van der Waals surface area (Å²) in [5.74, 6) is 1.06. The van der Waals surface area contributed by atoms with Gasteiger partial charge in [0.15, 0.2) is 0 Å².